The number of nitrogens with two attached hydrogens (primary N) is 1. The van der Waals surface area contributed by atoms with Crippen LogP contribution in [0.2, 0.25) is 5.02 Å². The van der Waals surface area contributed by atoms with Crippen LogP contribution in [0.4, 0.5) is 4.39 Å². The molecule has 0 bridgehead atoms. The Labute approximate surface area is 93.2 Å². The first-order chi connectivity index (χ1) is 7.07. The zero-order chi connectivity index (χ0) is 11.4. The molecule has 0 heterocycles. The second kappa shape index (κ2) is 5.14. The number of aromatic hydroxyl groups is 1. The molecule has 0 radical (unpaired) electrons. The van der Waals surface area contributed by atoms with Gasteiger partial charge in [-0.05, 0) is 25.0 Å². The molecule has 2 nitrogen and oxygen atoms in total. The fourth-order valence-electron chi connectivity index (χ4n) is 1.35. The van der Waals surface area contributed by atoms with Crippen molar-refractivity contribution in [2.24, 2.45) is 5.73 Å². The van der Waals surface area contributed by atoms with Crippen LogP contribution < -0.4 is 5.73 Å². The van der Waals surface area contributed by atoms with E-state index in [9.17, 15) is 9.50 Å². The van der Waals surface area contributed by atoms with Crippen molar-refractivity contribution in [3.05, 3.63) is 41.2 Å². The van der Waals surface area contributed by atoms with Gasteiger partial charge in [0.05, 0.1) is 5.02 Å². The molecule has 4 heteroatoms. The van der Waals surface area contributed by atoms with Gasteiger partial charge in [0.15, 0.2) is 0 Å². The van der Waals surface area contributed by atoms with Gasteiger partial charge in [0.25, 0.3) is 0 Å². The van der Waals surface area contributed by atoms with E-state index in [-0.39, 0.29) is 16.3 Å². The molecule has 0 amide bonds. The third-order valence-electron chi connectivity index (χ3n) is 2.17. The van der Waals surface area contributed by atoms with Crippen LogP contribution in [0.25, 0.3) is 0 Å². The van der Waals surface area contributed by atoms with Crippen molar-refractivity contribution in [1.82, 2.24) is 0 Å². The minimum Gasteiger partial charge on any atom is -0.506 e. The molecule has 3 N–H and O–H groups in total. The molecule has 82 valence electrons. The normalized spacial score (nSPS) is 12.5. The number of benzene rings is 1. The lowest BCUT2D eigenvalue weighted by atomic mass is 10.0. The third kappa shape index (κ3) is 2.70. The first-order valence-electron chi connectivity index (χ1n) is 4.61. The Hall–Kier alpha value is -1.06. The van der Waals surface area contributed by atoms with Crippen LogP contribution in [0.5, 0.6) is 5.75 Å². The highest BCUT2D eigenvalue weighted by Gasteiger charge is 2.17. The molecule has 1 aromatic rings. The van der Waals surface area contributed by atoms with Crippen LogP contribution in [-0.2, 0) is 0 Å². The van der Waals surface area contributed by atoms with E-state index in [4.69, 9.17) is 17.3 Å². The Morgan fingerprint density at radius 2 is 2.27 bits per heavy atom. The topological polar surface area (TPSA) is 46.2 Å². The summed E-state index contributed by atoms with van der Waals surface area (Å²) >= 11 is 5.67. The Bertz CT molecular complexity index is 368. The van der Waals surface area contributed by atoms with Crippen LogP contribution in [0.15, 0.2) is 24.8 Å². The van der Waals surface area contributed by atoms with Gasteiger partial charge in [0.1, 0.15) is 11.6 Å². The molecule has 0 saturated carbocycles. The van der Waals surface area contributed by atoms with Gasteiger partial charge in [-0.1, -0.05) is 17.7 Å². The maximum absolute atomic E-state index is 13.4. The number of hydrogen-bond donors (Lipinski definition) is 2. The SMILES string of the molecule is C=CCC[C@@H](N)c1c(F)ccc(Cl)c1O. The van der Waals surface area contributed by atoms with Crippen LogP contribution in [0.3, 0.4) is 0 Å². The quantitative estimate of drug-likeness (QED) is 0.780. The van der Waals surface area contributed by atoms with Crippen LogP contribution in [0, 0.1) is 5.82 Å². The molecule has 0 aliphatic rings. The van der Waals surface area contributed by atoms with E-state index in [1.165, 1.54) is 12.1 Å². The maximum Gasteiger partial charge on any atom is 0.141 e. The third-order valence-corrected chi connectivity index (χ3v) is 2.47. The molecule has 0 fully saturated rings. The van der Waals surface area contributed by atoms with E-state index in [2.05, 4.69) is 6.58 Å². The minimum absolute atomic E-state index is 0.0735. The standard InChI is InChI=1S/C11H13ClFNO/c1-2-3-4-9(14)10-8(13)6-5-7(12)11(10)15/h2,5-6,9,15H,1,3-4,14H2/t9-/m1/s1. The summed E-state index contributed by atoms with van der Waals surface area (Å²) in [5, 5.41) is 9.68. The van der Waals surface area contributed by atoms with Crippen molar-refractivity contribution in [2.75, 3.05) is 0 Å². The summed E-state index contributed by atoms with van der Waals surface area (Å²) in [6.45, 7) is 3.55. The van der Waals surface area contributed by atoms with E-state index in [1.807, 2.05) is 0 Å². The highest BCUT2D eigenvalue weighted by molar-refractivity contribution is 6.32. The van der Waals surface area contributed by atoms with Crippen molar-refractivity contribution in [2.45, 2.75) is 18.9 Å². The van der Waals surface area contributed by atoms with E-state index in [1.54, 1.807) is 6.08 Å². The molecule has 1 atom stereocenters. The number of allylic oxidation sites excluding steroid dienone is 1. The van der Waals surface area contributed by atoms with Gasteiger partial charge in [0, 0.05) is 11.6 Å². The van der Waals surface area contributed by atoms with Gasteiger partial charge >= 0.3 is 0 Å². The molecular formula is C11H13ClFNO. The van der Waals surface area contributed by atoms with Crippen molar-refractivity contribution in [3.63, 3.8) is 0 Å². The summed E-state index contributed by atoms with van der Waals surface area (Å²) in [5.41, 5.74) is 5.82. The first kappa shape index (κ1) is 12.0. The summed E-state index contributed by atoms with van der Waals surface area (Å²) in [5.74, 6) is -0.804. The average molecular weight is 230 g/mol. The maximum atomic E-state index is 13.4. The second-order valence-electron chi connectivity index (χ2n) is 3.26. The van der Waals surface area contributed by atoms with E-state index >= 15 is 0 Å². The summed E-state index contributed by atoms with van der Waals surface area (Å²) in [4.78, 5) is 0. The molecule has 0 unspecified atom stereocenters. The zero-order valence-electron chi connectivity index (χ0n) is 8.21. The van der Waals surface area contributed by atoms with Gasteiger partial charge in [-0.15, -0.1) is 6.58 Å². The monoisotopic (exact) mass is 229 g/mol. The number of phenols is 1. The van der Waals surface area contributed by atoms with Crippen LogP contribution in [-0.4, -0.2) is 5.11 Å². The van der Waals surface area contributed by atoms with Crippen LogP contribution >= 0.6 is 11.6 Å². The van der Waals surface area contributed by atoms with Crippen molar-refractivity contribution in [3.8, 4) is 5.75 Å². The van der Waals surface area contributed by atoms with Crippen molar-refractivity contribution >= 4 is 11.6 Å². The fourth-order valence-corrected chi connectivity index (χ4v) is 1.52. The largest absolute Gasteiger partial charge is 0.506 e. The highest BCUT2D eigenvalue weighted by Crippen LogP contribution is 2.34. The lowest BCUT2D eigenvalue weighted by Crippen LogP contribution is -2.12. The molecule has 1 rings (SSSR count). The second-order valence-corrected chi connectivity index (χ2v) is 3.67. The Balaban J connectivity index is 3.01. The van der Waals surface area contributed by atoms with Gasteiger partial charge in [-0.25, -0.2) is 4.39 Å². The Kier molecular flexibility index (Phi) is 4.12. The Morgan fingerprint density at radius 3 is 2.87 bits per heavy atom. The predicted molar refractivity (Wildman–Crippen MR) is 59.4 cm³/mol. The molecule has 0 saturated heterocycles. The fraction of sp³-hybridized carbons (Fsp3) is 0.273. The molecule has 0 spiro atoms. The molecule has 0 aliphatic heterocycles. The average Bonchev–Trinajstić information content (AvgIpc) is 2.21. The smallest absolute Gasteiger partial charge is 0.141 e. The molecule has 0 aromatic heterocycles. The van der Waals surface area contributed by atoms with Crippen molar-refractivity contribution in [1.29, 1.82) is 0 Å². The van der Waals surface area contributed by atoms with Gasteiger partial charge in [0.2, 0.25) is 0 Å². The highest BCUT2D eigenvalue weighted by atomic mass is 35.5. The molecular weight excluding hydrogens is 217 g/mol. The first-order valence-corrected chi connectivity index (χ1v) is 4.99. The summed E-state index contributed by atoms with van der Waals surface area (Å²) in [7, 11) is 0. The molecule has 15 heavy (non-hydrogen) atoms. The van der Waals surface area contributed by atoms with Crippen LogP contribution in [0.1, 0.15) is 24.4 Å². The van der Waals surface area contributed by atoms with Gasteiger partial charge < -0.3 is 10.8 Å². The lowest BCUT2D eigenvalue weighted by molar-refractivity contribution is 0.446. The van der Waals surface area contributed by atoms with E-state index in [0.29, 0.717) is 12.8 Å². The zero-order valence-corrected chi connectivity index (χ0v) is 8.97. The number of hydrogen-bond acceptors (Lipinski definition) is 2. The molecule has 0 aliphatic carbocycles. The van der Waals surface area contributed by atoms with Crippen molar-refractivity contribution < 1.29 is 9.50 Å². The van der Waals surface area contributed by atoms with Gasteiger partial charge in [-0.3, -0.25) is 0 Å². The summed E-state index contributed by atoms with van der Waals surface area (Å²) in [6.07, 6.45) is 2.88. The lowest BCUT2D eigenvalue weighted by Gasteiger charge is -2.14. The minimum atomic E-state index is -0.568. The Morgan fingerprint density at radius 1 is 1.60 bits per heavy atom. The van der Waals surface area contributed by atoms with E-state index in [0.717, 1.165) is 0 Å². The number of rotatable bonds is 4. The number of phenolic OH excluding ortho intramolecular Hbond substituents is 1. The number of halogens is 2. The van der Waals surface area contributed by atoms with E-state index < -0.39 is 11.9 Å². The molecule has 1 aromatic carbocycles. The summed E-state index contributed by atoms with van der Waals surface area (Å²) in [6, 6.07) is 1.93. The van der Waals surface area contributed by atoms with Gasteiger partial charge in [-0.2, -0.15) is 0 Å². The summed E-state index contributed by atoms with van der Waals surface area (Å²) < 4.78 is 13.4. The predicted octanol–water partition coefficient (Wildman–Crippen LogP) is 3.15.